The highest BCUT2D eigenvalue weighted by molar-refractivity contribution is 5.69. The summed E-state index contributed by atoms with van der Waals surface area (Å²) in [6.07, 6.45) is 1.33. The summed E-state index contributed by atoms with van der Waals surface area (Å²) in [4.78, 5) is 10.9. The van der Waals surface area contributed by atoms with Gasteiger partial charge in [0.15, 0.2) is 5.76 Å². The molecule has 0 saturated carbocycles. The lowest BCUT2D eigenvalue weighted by molar-refractivity contribution is -0.136. The zero-order chi connectivity index (χ0) is 13.9. The number of furan rings is 1. The summed E-state index contributed by atoms with van der Waals surface area (Å²) in [5.41, 5.74) is 0.792. The summed E-state index contributed by atoms with van der Waals surface area (Å²) >= 11 is 0. The van der Waals surface area contributed by atoms with E-state index in [2.05, 4.69) is 10.2 Å². The van der Waals surface area contributed by atoms with E-state index in [1.165, 1.54) is 6.26 Å². The quantitative estimate of drug-likeness (QED) is 0.784. The molecule has 6 heteroatoms. The molecular weight excluding hydrogens is 258 g/mol. The fraction of sp³-hybridized carbons (Fsp3) is 0.0714. The smallest absolute Gasteiger partial charge is 0.311 e. The second-order valence-electron chi connectivity index (χ2n) is 4.16. The molecule has 3 rings (SSSR count). The van der Waals surface area contributed by atoms with Crippen LogP contribution >= 0.6 is 0 Å². The van der Waals surface area contributed by atoms with E-state index in [1.54, 1.807) is 16.7 Å². The van der Waals surface area contributed by atoms with Gasteiger partial charge in [0.1, 0.15) is 12.2 Å². The number of rotatable bonds is 4. The van der Waals surface area contributed by atoms with Crippen LogP contribution in [0.3, 0.4) is 0 Å². The van der Waals surface area contributed by atoms with Crippen molar-refractivity contribution in [3.05, 3.63) is 54.6 Å². The highest BCUT2D eigenvalue weighted by atomic mass is 16.4. The van der Waals surface area contributed by atoms with Crippen molar-refractivity contribution in [1.82, 2.24) is 14.8 Å². The van der Waals surface area contributed by atoms with Gasteiger partial charge < -0.3 is 9.52 Å². The first-order valence-corrected chi connectivity index (χ1v) is 6.01. The Kier molecular flexibility index (Phi) is 3.04. The van der Waals surface area contributed by atoms with Gasteiger partial charge in [-0.15, -0.1) is 10.2 Å². The van der Waals surface area contributed by atoms with Gasteiger partial charge in [-0.25, -0.2) is 0 Å². The van der Waals surface area contributed by atoms with E-state index in [0.717, 1.165) is 5.69 Å². The lowest BCUT2D eigenvalue weighted by Crippen LogP contribution is -2.08. The van der Waals surface area contributed by atoms with Gasteiger partial charge in [-0.1, -0.05) is 18.2 Å². The predicted octanol–water partition coefficient (Wildman–Crippen LogP) is 2.15. The molecule has 2 heterocycles. The lowest BCUT2D eigenvalue weighted by atomic mass is 10.3. The molecule has 0 amide bonds. The van der Waals surface area contributed by atoms with Crippen LogP contribution in [-0.2, 0) is 11.2 Å². The van der Waals surface area contributed by atoms with Gasteiger partial charge in [-0.2, -0.15) is 0 Å². The minimum absolute atomic E-state index is 0.206. The summed E-state index contributed by atoms with van der Waals surface area (Å²) in [5, 5.41) is 17.0. The Morgan fingerprint density at radius 1 is 1.15 bits per heavy atom. The Hall–Kier alpha value is -2.89. The van der Waals surface area contributed by atoms with E-state index in [9.17, 15) is 4.79 Å². The third-order valence-corrected chi connectivity index (χ3v) is 2.80. The zero-order valence-electron chi connectivity index (χ0n) is 10.4. The predicted molar refractivity (Wildman–Crippen MR) is 70.4 cm³/mol. The summed E-state index contributed by atoms with van der Waals surface area (Å²) in [6.45, 7) is 0. The van der Waals surface area contributed by atoms with Crippen molar-refractivity contribution in [3.8, 4) is 17.3 Å². The molecule has 2 aromatic heterocycles. The Bertz CT molecular complexity index is 717. The SMILES string of the molecule is O=C(O)Cc1nnc(-c2ccco2)n1-c1ccccc1. The van der Waals surface area contributed by atoms with Crippen LogP contribution in [0.25, 0.3) is 17.3 Å². The molecule has 0 aliphatic carbocycles. The second kappa shape index (κ2) is 5.00. The van der Waals surface area contributed by atoms with Crippen LogP contribution in [0.4, 0.5) is 0 Å². The first-order valence-electron chi connectivity index (χ1n) is 6.01. The number of aliphatic carboxylic acids is 1. The average Bonchev–Trinajstić information content (AvgIpc) is 3.07. The molecular formula is C14H11N3O3. The fourth-order valence-corrected chi connectivity index (χ4v) is 1.98. The van der Waals surface area contributed by atoms with Crippen molar-refractivity contribution < 1.29 is 14.3 Å². The van der Waals surface area contributed by atoms with E-state index in [4.69, 9.17) is 9.52 Å². The van der Waals surface area contributed by atoms with Crippen molar-refractivity contribution in [2.75, 3.05) is 0 Å². The van der Waals surface area contributed by atoms with E-state index < -0.39 is 5.97 Å². The molecule has 20 heavy (non-hydrogen) atoms. The van der Waals surface area contributed by atoms with Crippen molar-refractivity contribution in [2.24, 2.45) is 0 Å². The maximum atomic E-state index is 10.9. The molecule has 0 fully saturated rings. The van der Waals surface area contributed by atoms with Gasteiger partial charge in [0, 0.05) is 5.69 Å². The number of hydrogen-bond acceptors (Lipinski definition) is 4. The Morgan fingerprint density at radius 3 is 2.60 bits per heavy atom. The summed E-state index contributed by atoms with van der Waals surface area (Å²) in [6, 6.07) is 12.8. The lowest BCUT2D eigenvalue weighted by Gasteiger charge is -2.07. The van der Waals surface area contributed by atoms with E-state index >= 15 is 0 Å². The van der Waals surface area contributed by atoms with Crippen molar-refractivity contribution in [3.63, 3.8) is 0 Å². The number of carboxylic acid groups (broad SMARTS) is 1. The number of para-hydroxylation sites is 1. The van der Waals surface area contributed by atoms with Crippen LogP contribution in [0, 0.1) is 0 Å². The number of aromatic nitrogens is 3. The fourth-order valence-electron chi connectivity index (χ4n) is 1.98. The van der Waals surface area contributed by atoms with Gasteiger partial charge in [-0.05, 0) is 24.3 Å². The molecule has 0 saturated heterocycles. The molecule has 0 radical (unpaired) electrons. The molecule has 6 nitrogen and oxygen atoms in total. The number of carbonyl (C=O) groups is 1. The summed E-state index contributed by atoms with van der Waals surface area (Å²) in [7, 11) is 0. The van der Waals surface area contributed by atoms with Crippen LogP contribution in [0.5, 0.6) is 0 Å². The van der Waals surface area contributed by atoms with Crippen LogP contribution in [0.1, 0.15) is 5.82 Å². The first-order chi connectivity index (χ1) is 9.75. The van der Waals surface area contributed by atoms with Gasteiger partial charge >= 0.3 is 5.97 Å². The van der Waals surface area contributed by atoms with Crippen LogP contribution in [0.2, 0.25) is 0 Å². The molecule has 0 spiro atoms. The number of benzene rings is 1. The highest BCUT2D eigenvalue weighted by Crippen LogP contribution is 2.23. The standard InChI is InChI=1S/C14H11N3O3/c18-13(19)9-12-15-16-14(11-7-4-8-20-11)17(12)10-5-2-1-3-6-10/h1-8H,9H2,(H,18,19). The topological polar surface area (TPSA) is 81.2 Å². The Balaban J connectivity index is 2.17. The molecule has 0 aliphatic heterocycles. The van der Waals surface area contributed by atoms with Crippen LogP contribution < -0.4 is 0 Å². The van der Waals surface area contributed by atoms with E-state index in [0.29, 0.717) is 17.4 Å². The average molecular weight is 269 g/mol. The van der Waals surface area contributed by atoms with Gasteiger partial charge in [0.05, 0.1) is 6.26 Å². The van der Waals surface area contributed by atoms with Crippen molar-refractivity contribution in [2.45, 2.75) is 6.42 Å². The summed E-state index contributed by atoms with van der Waals surface area (Å²) in [5.74, 6) is 0.422. The molecule has 0 unspecified atom stereocenters. The van der Waals surface area contributed by atoms with Crippen molar-refractivity contribution in [1.29, 1.82) is 0 Å². The van der Waals surface area contributed by atoms with Crippen LogP contribution in [-0.4, -0.2) is 25.8 Å². The normalized spacial score (nSPS) is 10.6. The molecule has 0 aliphatic rings. The Morgan fingerprint density at radius 2 is 1.95 bits per heavy atom. The van der Waals surface area contributed by atoms with Crippen LogP contribution in [0.15, 0.2) is 53.1 Å². The molecule has 0 atom stereocenters. The largest absolute Gasteiger partial charge is 0.481 e. The second-order valence-corrected chi connectivity index (χ2v) is 4.16. The van der Waals surface area contributed by atoms with Gasteiger partial charge in [0.25, 0.3) is 0 Å². The zero-order valence-corrected chi connectivity index (χ0v) is 10.4. The van der Waals surface area contributed by atoms with Crippen molar-refractivity contribution >= 4 is 5.97 Å². The van der Waals surface area contributed by atoms with E-state index in [1.807, 2.05) is 30.3 Å². The molecule has 3 aromatic rings. The minimum atomic E-state index is -0.958. The van der Waals surface area contributed by atoms with Gasteiger partial charge in [0.2, 0.25) is 5.82 Å². The van der Waals surface area contributed by atoms with Gasteiger partial charge in [-0.3, -0.25) is 9.36 Å². The Labute approximate surface area is 114 Å². The monoisotopic (exact) mass is 269 g/mol. The van der Waals surface area contributed by atoms with E-state index in [-0.39, 0.29) is 6.42 Å². The number of nitrogens with zero attached hydrogens (tertiary/aromatic N) is 3. The summed E-state index contributed by atoms with van der Waals surface area (Å²) < 4.78 is 7.02. The highest BCUT2D eigenvalue weighted by Gasteiger charge is 2.18. The molecule has 100 valence electrons. The third kappa shape index (κ3) is 2.18. The minimum Gasteiger partial charge on any atom is -0.481 e. The first kappa shape index (κ1) is 12.2. The third-order valence-electron chi connectivity index (χ3n) is 2.80. The molecule has 1 aromatic carbocycles. The number of carboxylic acids is 1. The molecule has 1 N–H and O–H groups in total. The maximum absolute atomic E-state index is 10.9. The number of hydrogen-bond donors (Lipinski definition) is 1. The molecule has 0 bridgehead atoms. The maximum Gasteiger partial charge on any atom is 0.311 e.